The normalized spacial score (nSPS) is 34.2. The lowest BCUT2D eigenvalue weighted by molar-refractivity contribution is 0.197. The van der Waals surface area contributed by atoms with Gasteiger partial charge in [-0.05, 0) is 32.4 Å². The molecule has 2 rings (SSSR count). The maximum atomic E-state index is 5.87. The summed E-state index contributed by atoms with van der Waals surface area (Å²) in [6.45, 7) is 4.74. The average molecular weight is 169 g/mol. The first-order valence-electron chi connectivity index (χ1n) is 5.06. The second-order valence-electron chi connectivity index (χ2n) is 4.02. The molecule has 0 amide bonds. The standard InChI is InChI=1S/C9H19N3/c10-8-3-6-12(7-8)9-1-4-11-5-2-9/h8-9,11H,1-7,10H2/t8-/m1/s1. The van der Waals surface area contributed by atoms with E-state index in [2.05, 4.69) is 10.2 Å². The van der Waals surface area contributed by atoms with E-state index in [-0.39, 0.29) is 0 Å². The van der Waals surface area contributed by atoms with Gasteiger partial charge in [-0.1, -0.05) is 0 Å². The van der Waals surface area contributed by atoms with E-state index >= 15 is 0 Å². The average Bonchev–Trinajstić information content (AvgIpc) is 2.54. The second kappa shape index (κ2) is 3.73. The Bertz CT molecular complexity index is 140. The summed E-state index contributed by atoms with van der Waals surface area (Å²) in [5.41, 5.74) is 5.87. The summed E-state index contributed by atoms with van der Waals surface area (Å²) in [6.07, 6.45) is 3.82. The Morgan fingerprint density at radius 2 is 1.92 bits per heavy atom. The van der Waals surface area contributed by atoms with Crippen molar-refractivity contribution in [2.45, 2.75) is 31.3 Å². The monoisotopic (exact) mass is 169 g/mol. The highest BCUT2D eigenvalue weighted by atomic mass is 15.2. The molecule has 2 fully saturated rings. The second-order valence-corrected chi connectivity index (χ2v) is 4.02. The lowest BCUT2D eigenvalue weighted by atomic mass is 10.1. The van der Waals surface area contributed by atoms with Gasteiger partial charge in [0.05, 0.1) is 0 Å². The first-order chi connectivity index (χ1) is 5.86. The maximum Gasteiger partial charge on any atom is 0.0180 e. The Kier molecular flexibility index (Phi) is 2.63. The first kappa shape index (κ1) is 8.48. The minimum absolute atomic E-state index is 0.444. The molecule has 0 bridgehead atoms. The largest absolute Gasteiger partial charge is 0.326 e. The number of rotatable bonds is 1. The Hall–Kier alpha value is -0.120. The van der Waals surface area contributed by atoms with Crippen molar-refractivity contribution < 1.29 is 0 Å². The van der Waals surface area contributed by atoms with Crippen molar-refractivity contribution in [2.75, 3.05) is 26.2 Å². The van der Waals surface area contributed by atoms with Crippen molar-refractivity contribution >= 4 is 0 Å². The molecule has 12 heavy (non-hydrogen) atoms. The molecule has 3 N–H and O–H groups in total. The zero-order chi connectivity index (χ0) is 8.39. The van der Waals surface area contributed by atoms with E-state index in [0.717, 1.165) is 12.6 Å². The zero-order valence-corrected chi connectivity index (χ0v) is 7.63. The highest BCUT2D eigenvalue weighted by Crippen LogP contribution is 2.17. The van der Waals surface area contributed by atoms with Crippen LogP contribution in [-0.4, -0.2) is 43.2 Å². The van der Waals surface area contributed by atoms with Crippen LogP contribution in [0.3, 0.4) is 0 Å². The molecule has 0 aromatic carbocycles. The molecule has 3 nitrogen and oxygen atoms in total. The molecule has 1 atom stereocenters. The van der Waals surface area contributed by atoms with Crippen LogP contribution in [0.25, 0.3) is 0 Å². The van der Waals surface area contributed by atoms with Gasteiger partial charge in [0.1, 0.15) is 0 Å². The van der Waals surface area contributed by atoms with E-state index in [4.69, 9.17) is 5.73 Å². The predicted molar refractivity (Wildman–Crippen MR) is 50.1 cm³/mol. The summed E-state index contributed by atoms with van der Waals surface area (Å²) in [4.78, 5) is 2.57. The van der Waals surface area contributed by atoms with E-state index in [1.54, 1.807) is 0 Å². The molecular formula is C9H19N3. The number of likely N-dealkylation sites (tertiary alicyclic amines) is 1. The molecule has 2 aliphatic rings. The van der Waals surface area contributed by atoms with Crippen LogP contribution in [0.1, 0.15) is 19.3 Å². The van der Waals surface area contributed by atoms with Crippen LogP contribution in [-0.2, 0) is 0 Å². The van der Waals surface area contributed by atoms with Crippen LogP contribution in [0.5, 0.6) is 0 Å². The van der Waals surface area contributed by atoms with E-state index in [0.29, 0.717) is 6.04 Å². The van der Waals surface area contributed by atoms with Gasteiger partial charge >= 0.3 is 0 Å². The number of hydrogen-bond donors (Lipinski definition) is 2. The SMILES string of the molecule is N[C@@H]1CCN(C2CCNCC2)C1. The minimum Gasteiger partial charge on any atom is -0.326 e. The third-order valence-corrected chi connectivity index (χ3v) is 3.08. The quantitative estimate of drug-likeness (QED) is 0.570. The van der Waals surface area contributed by atoms with Gasteiger partial charge in [0.2, 0.25) is 0 Å². The minimum atomic E-state index is 0.444. The Balaban J connectivity index is 1.83. The van der Waals surface area contributed by atoms with Crippen molar-refractivity contribution in [1.29, 1.82) is 0 Å². The fourth-order valence-corrected chi connectivity index (χ4v) is 2.32. The Labute approximate surface area is 74.3 Å². The predicted octanol–water partition coefficient (Wildman–Crippen LogP) is -0.229. The molecule has 2 heterocycles. The van der Waals surface area contributed by atoms with E-state index in [1.165, 1.54) is 38.9 Å². The van der Waals surface area contributed by atoms with Gasteiger partial charge in [-0.3, -0.25) is 4.90 Å². The summed E-state index contributed by atoms with van der Waals surface area (Å²) in [7, 11) is 0. The van der Waals surface area contributed by atoms with Crippen LogP contribution in [0.2, 0.25) is 0 Å². The fraction of sp³-hybridized carbons (Fsp3) is 1.00. The number of hydrogen-bond acceptors (Lipinski definition) is 3. The van der Waals surface area contributed by atoms with Gasteiger partial charge in [-0.15, -0.1) is 0 Å². The van der Waals surface area contributed by atoms with Crippen LogP contribution in [0, 0.1) is 0 Å². The molecule has 0 aromatic rings. The van der Waals surface area contributed by atoms with Gasteiger partial charge in [-0.2, -0.15) is 0 Å². The molecular weight excluding hydrogens is 150 g/mol. The first-order valence-corrected chi connectivity index (χ1v) is 5.06. The highest BCUT2D eigenvalue weighted by Gasteiger charge is 2.26. The lowest BCUT2D eigenvalue weighted by Crippen LogP contribution is -2.42. The van der Waals surface area contributed by atoms with Crippen molar-refractivity contribution in [1.82, 2.24) is 10.2 Å². The lowest BCUT2D eigenvalue weighted by Gasteiger charge is -2.31. The topological polar surface area (TPSA) is 41.3 Å². The Morgan fingerprint density at radius 3 is 2.50 bits per heavy atom. The molecule has 0 aromatic heterocycles. The molecule has 0 unspecified atom stereocenters. The molecule has 0 radical (unpaired) electrons. The third kappa shape index (κ3) is 1.79. The van der Waals surface area contributed by atoms with Crippen LogP contribution < -0.4 is 11.1 Å². The van der Waals surface area contributed by atoms with Gasteiger partial charge in [-0.25, -0.2) is 0 Å². The number of nitrogens with two attached hydrogens (primary N) is 1. The fourth-order valence-electron chi connectivity index (χ4n) is 2.32. The third-order valence-electron chi connectivity index (χ3n) is 3.08. The summed E-state index contributed by atoms with van der Waals surface area (Å²) in [6, 6.07) is 1.26. The zero-order valence-electron chi connectivity index (χ0n) is 7.63. The van der Waals surface area contributed by atoms with Crippen molar-refractivity contribution in [2.24, 2.45) is 5.73 Å². The van der Waals surface area contributed by atoms with Crippen LogP contribution >= 0.6 is 0 Å². The Morgan fingerprint density at radius 1 is 1.17 bits per heavy atom. The number of nitrogens with zero attached hydrogens (tertiary/aromatic N) is 1. The van der Waals surface area contributed by atoms with Gasteiger partial charge < -0.3 is 11.1 Å². The highest BCUT2D eigenvalue weighted by molar-refractivity contribution is 4.85. The van der Waals surface area contributed by atoms with Crippen molar-refractivity contribution in [3.63, 3.8) is 0 Å². The van der Waals surface area contributed by atoms with E-state index in [9.17, 15) is 0 Å². The van der Waals surface area contributed by atoms with E-state index < -0.39 is 0 Å². The summed E-state index contributed by atoms with van der Waals surface area (Å²) in [5.74, 6) is 0. The van der Waals surface area contributed by atoms with Gasteiger partial charge in [0, 0.05) is 25.2 Å². The van der Waals surface area contributed by atoms with Crippen LogP contribution in [0.15, 0.2) is 0 Å². The van der Waals surface area contributed by atoms with E-state index in [1.807, 2.05) is 0 Å². The summed E-state index contributed by atoms with van der Waals surface area (Å²) in [5, 5.41) is 3.39. The molecule has 0 saturated carbocycles. The molecule has 0 spiro atoms. The summed E-state index contributed by atoms with van der Waals surface area (Å²) < 4.78 is 0. The molecule has 2 saturated heterocycles. The van der Waals surface area contributed by atoms with Crippen molar-refractivity contribution in [3.8, 4) is 0 Å². The number of nitrogens with one attached hydrogen (secondary N) is 1. The molecule has 2 aliphatic heterocycles. The van der Waals surface area contributed by atoms with Gasteiger partial charge in [0.25, 0.3) is 0 Å². The summed E-state index contributed by atoms with van der Waals surface area (Å²) >= 11 is 0. The smallest absolute Gasteiger partial charge is 0.0180 e. The molecule has 3 heteroatoms. The van der Waals surface area contributed by atoms with Crippen LogP contribution in [0.4, 0.5) is 0 Å². The molecule has 0 aliphatic carbocycles. The molecule has 70 valence electrons. The van der Waals surface area contributed by atoms with Crippen molar-refractivity contribution in [3.05, 3.63) is 0 Å². The maximum absolute atomic E-state index is 5.87. The number of piperidine rings is 1. The van der Waals surface area contributed by atoms with Gasteiger partial charge in [0.15, 0.2) is 0 Å².